The lowest BCUT2D eigenvalue weighted by Gasteiger charge is -2.15. The third-order valence-corrected chi connectivity index (χ3v) is 2.11. The van der Waals surface area contributed by atoms with Gasteiger partial charge in [0.2, 0.25) is 0 Å². The Morgan fingerprint density at radius 1 is 1.57 bits per heavy atom. The van der Waals surface area contributed by atoms with E-state index in [-0.39, 0.29) is 6.10 Å². The molecule has 0 aliphatic heterocycles. The van der Waals surface area contributed by atoms with Crippen LogP contribution in [0.25, 0.3) is 0 Å². The Labute approximate surface area is 85.3 Å². The van der Waals surface area contributed by atoms with Crippen molar-refractivity contribution in [2.75, 3.05) is 0 Å². The smallest absolute Gasteiger partial charge is 0.142 e. The number of aromatic nitrogens is 1. The Kier molecular flexibility index (Phi) is 4.40. The zero-order valence-corrected chi connectivity index (χ0v) is 8.86. The van der Waals surface area contributed by atoms with Crippen LogP contribution in [0.1, 0.15) is 32.3 Å². The molecule has 0 aliphatic carbocycles. The summed E-state index contributed by atoms with van der Waals surface area (Å²) >= 11 is 0. The Balaban J connectivity index is 2.65. The van der Waals surface area contributed by atoms with Gasteiger partial charge < -0.3 is 10.5 Å². The predicted octanol–water partition coefficient (Wildman–Crippen LogP) is 2.11. The van der Waals surface area contributed by atoms with Crippen LogP contribution in [0.3, 0.4) is 0 Å². The van der Waals surface area contributed by atoms with E-state index in [1.807, 2.05) is 6.07 Å². The highest BCUT2D eigenvalue weighted by atomic mass is 16.5. The number of ether oxygens (including phenoxy) is 1. The fourth-order valence-electron chi connectivity index (χ4n) is 1.37. The Morgan fingerprint density at radius 2 is 2.36 bits per heavy atom. The number of rotatable bonds is 5. The van der Waals surface area contributed by atoms with Crippen LogP contribution in [0.5, 0.6) is 5.75 Å². The maximum Gasteiger partial charge on any atom is 0.142 e. The first kappa shape index (κ1) is 11.0. The van der Waals surface area contributed by atoms with Gasteiger partial charge in [0, 0.05) is 18.3 Å². The monoisotopic (exact) mass is 194 g/mol. The van der Waals surface area contributed by atoms with Crippen LogP contribution >= 0.6 is 0 Å². The molecule has 0 spiro atoms. The second-order valence-corrected chi connectivity index (χ2v) is 3.40. The largest absolute Gasteiger partial charge is 0.489 e. The molecular weight excluding hydrogens is 176 g/mol. The summed E-state index contributed by atoms with van der Waals surface area (Å²) in [7, 11) is 0. The summed E-state index contributed by atoms with van der Waals surface area (Å²) in [6, 6.07) is 1.90. The number of nitrogens with two attached hydrogens (primary N) is 1. The van der Waals surface area contributed by atoms with E-state index in [1.54, 1.807) is 12.4 Å². The van der Waals surface area contributed by atoms with Gasteiger partial charge in [-0.1, -0.05) is 13.3 Å². The highest BCUT2D eigenvalue weighted by Gasteiger charge is 2.06. The molecule has 14 heavy (non-hydrogen) atoms. The van der Waals surface area contributed by atoms with Gasteiger partial charge in [-0.15, -0.1) is 0 Å². The van der Waals surface area contributed by atoms with Crippen LogP contribution in [0.15, 0.2) is 18.5 Å². The molecule has 0 aliphatic rings. The highest BCUT2D eigenvalue weighted by Crippen LogP contribution is 2.18. The molecule has 1 aromatic rings. The van der Waals surface area contributed by atoms with E-state index in [1.165, 1.54) is 0 Å². The van der Waals surface area contributed by atoms with Crippen molar-refractivity contribution in [2.45, 2.75) is 39.3 Å². The van der Waals surface area contributed by atoms with E-state index >= 15 is 0 Å². The maximum absolute atomic E-state index is 5.73. The molecule has 78 valence electrons. The van der Waals surface area contributed by atoms with Crippen molar-refractivity contribution >= 4 is 0 Å². The minimum absolute atomic E-state index is 0.231. The second-order valence-electron chi connectivity index (χ2n) is 3.40. The van der Waals surface area contributed by atoms with Gasteiger partial charge in [0.1, 0.15) is 5.75 Å². The van der Waals surface area contributed by atoms with E-state index < -0.39 is 0 Å². The van der Waals surface area contributed by atoms with E-state index in [0.717, 1.165) is 24.2 Å². The molecule has 1 heterocycles. The SMILES string of the molecule is CCCC(C)Oc1cnccc1CN. The standard InChI is InChI=1S/C11H18N2O/c1-3-4-9(2)14-11-8-13-6-5-10(11)7-12/h5-6,8-9H,3-4,7,12H2,1-2H3. The van der Waals surface area contributed by atoms with E-state index in [0.29, 0.717) is 6.54 Å². The summed E-state index contributed by atoms with van der Waals surface area (Å²) in [5, 5.41) is 0. The predicted molar refractivity (Wildman–Crippen MR) is 57.1 cm³/mol. The molecule has 0 radical (unpaired) electrons. The lowest BCUT2D eigenvalue weighted by molar-refractivity contribution is 0.207. The maximum atomic E-state index is 5.73. The second kappa shape index (κ2) is 5.60. The number of hydrogen-bond donors (Lipinski definition) is 1. The first-order valence-electron chi connectivity index (χ1n) is 5.07. The summed E-state index contributed by atoms with van der Waals surface area (Å²) < 4.78 is 5.73. The number of nitrogens with zero attached hydrogens (tertiary/aromatic N) is 1. The summed E-state index contributed by atoms with van der Waals surface area (Å²) in [6.45, 7) is 4.71. The lowest BCUT2D eigenvalue weighted by atomic mass is 10.2. The summed E-state index contributed by atoms with van der Waals surface area (Å²) in [4.78, 5) is 4.03. The van der Waals surface area contributed by atoms with Crippen molar-refractivity contribution < 1.29 is 4.74 Å². The fourth-order valence-corrected chi connectivity index (χ4v) is 1.37. The molecule has 1 rings (SSSR count). The Morgan fingerprint density at radius 3 is 3.00 bits per heavy atom. The Hall–Kier alpha value is -1.09. The van der Waals surface area contributed by atoms with Crippen molar-refractivity contribution in [3.05, 3.63) is 24.0 Å². The van der Waals surface area contributed by atoms with Gasteiger partial charge in [0.05, 0.1) is 12.3 Å². The van der Waals surface area contributed by atoms with Crippen LogP contribution in [0.4, 0.5) is 0 Å². The molecule has 2 N–H and O–H groups in total. The fraction of sp³-hybridized carbons (Fsp3) is 0.545. The normalized spacial score (nSPS) is 12.5. The minimum Gasteiger partial charge on any atom is -0.489 e. The van der Waals surface area contributed by atoms with Gasteiger partial charge in [-0.25, -0.2) is 0 Å². The third kappa shape index (κ3) is 3.00. The molecule has 3 heteroatoms. The van der Waals surface area contributed by atoms with Crippen molar-refractivity contribution in [1.82, 2.24) is 4.98 Å². The van der Waals surface area contributed by atoms with Gasteiger partial charge >= 0.3 is 0 Å². The van der Waals surface area contributed by atoms with Crippen LogP contribution < -0.4 is 10.5 Å². The van der Waals surface area contributed by atoms with Gasteiger partial charge in [-0.2, -0.15) is 0 Å². The van der Waals surface area contributed by atoms with Crippen molar-refractivity contribution in [3.8, 4) is 5.75 Å². The zero-order chi connectivity index (χ0) is 10.4. The van der Waals surface area contributed by atoms with Crippen LogP contribution in [-0.4, -0.2) is 11.1 Å². The summed E-state index contributed by atoms with van der Waals surface area (Å²) in [6.07, 6.45) is 5.88. The first-order valence-corrected chi connectivity index (χ1v) is 5.07. The average molecular weight is 194 g/mol. The Bertz CT molecular complexity index is 276. The summed E-state index contributed by atoms with van der Waals surface area (Å²) in [5.41, 5.74) is 6.61. The van der Waals surface area contributed by atoms with Crippen molar-refractivity contribution in [3.63, 3.8) is 0 Å². The molecule has 1 unspecified atom stereocenters. The van der Waals surface area contributed by atoms with Crippen LogP contribution in [0, 0.1) is 0 Å². The van der Waals surface area contributed by atoms with Gasteiger partial charge in [-0.05, 0) is 19.4 Å². The number of hydrogen-bond acceptors (Lipinski definition) is 3. The minimum atomic E-state index is 0.231. The van der Waals surface area contributed by atoms with Crippen molar-refractivity contribution in [1.29, 1.82) is 0 Å². The summed E-state index contributed by atoms with van der Waals surface area (Å²) in [5.74, 6) is 0.816. The van der Waals surface area contributed by atoms with E-state index in [9.17, 15) is 0 Å². The topological polar surface area (TPSA) is 48.1 Å². The molecule has 0 aromatic carbocycles. The van der Waals surface area contributed by atoms with Crippen LogP contribution in [-0.2, 0) is 6.54 Å². The van der Waals surface area contributed by atoms with Crippen molar-refractivity contribution in [2.24, 2.45) is 5.73 Å². The molecule has 1 aromatic heterocycles. The molecule has 3 nitrogen and oxygen atoms in total. The first-order chi connectivity index (χ1) is 6.77. The highest BCUT2D eigenvalue weighted by molar-refractivity contribution is 5.29. The van der Waals surface area contributed by atoms with E-state index in [2.05, 4.69) is 18.8 Å². The van der Waals surface area contributed by atoms with Gasteiger partial charge in [0.15, 0.2) is 0 Å². The van der Waals surface area contributed by atoms with E-state index in [4.69, 9.17) is 10.5 Å². The quantitative estimate of drug-likeness (QED) is 0.781. The molecular formula is C11H18N2O. The van der Waals surface area contributed by atoms with Crippen LogP contribution in [0.2, 0.25) is 0 Å². The molecule has 0 fully saturated rings. The molecule has 0 bridgehead atoms. The third-order valence-electron chi connectivity index (χ3n) is 2.11. The molecule has 0 saturated carbocycles. The van der Waals surface area contributed by atoms with Gasteiger partial charge in [0.25, 0.3) is 0 Å². The molecule has 0 saturated heterocycles. The molecule has 0 amide bonds. The molecule has 1 atom stereocenters. The average Bonchev–Trinajstić information content (AvgIpc) is 2.19. The zero-order valence-electron chi connectivity index (χ0n) is 8.86. The number of pyridine rings is 1. The lowest BCUT2D eigenvalue weighted by Crippen LogP contribution is -2.13. The van der Waals surface area contributed by atoms with Gasteiger partial charge in [-0.3, -0.25) is 4.98 Å².